The van der Waals surface area contributed by atoms with Gasteiger partial charge < -0.3 is 9.47 Å². The fourth-order valence-corrected chi connectivity index (χ4v) is 2.42. The normalized spacial score (nSPS) is 17.3. The fourth-order valence-electron chi connectivity index (χ4n) is 2.42. The first-order valence-corrected chi connectivity index (χ1v) is 7.19. The third kappa shape index (κ3) is 2.78. The second kappa shape index (κ2) is 5.57. The van der Waals surface area contributed by atoms with Crippen LogP contribution < -0.4 is 14.8 Å². The number of amides is 1. The van der Waals surface area contributed by atoms with Crippen LogP contribution in [0, 0.1) is 0 Å². The van der Waals surface area contributed by atoms with Crippen molar-refractivity contribution in [3.63, 3.8) is 0 Å². The molecule has 0 bridgehead atoms. The van der Waals surface area contributed by atoms with Crippen molar-refractivity contribution in [2.75, 3.05) is 6.79 Å². The van der Waals surface area contributed by atoms with Crippen LogP contribution in [0.25, 0.3) is 0 Å². The van der Waals surface area contributed by atoms with E-state index in [0.29, 0.717) is 23.8 Å². The van der Waals surface area contributed by atoms with E-state index in [4.69, 9.17) is 9.47 Å². The molecular weight excluding hydrogens is 294 g/mol. The number of nitrogens with one attached hydrogen (secondary N) is 1. The number of aliphatic imine (C=N–C) groups is 2. The van der Waals surface area contributed by atoms with Crippen LogP contribution in [0.1, 0.15) is 5.56 Å². The highest BCUT2D eigenvalue weighted by Crippen LogP contribution is 2.32. The maximum atomic E-state index is 12.0. The number of rotatable bonds is 3. The summed E-state index contributed by atoms with van der Waals surface area (Å²) in [5.41, 5.74) is 2.11. The van der Waals surface area contributed by atoms with Crippen molar-refractivity contribution in [1.82, 2.24) is 5.32 Å². The van der Waals surface area contributed by atoms with E-state index in [1.807, 2.05) is 48.5 Å². The zero-order valence-corrected chi connectivity index (χ0v) is 12.2. The van der Waals surface area contributed by atoms with E-state index in [2.05, 4.69) is 15.3 Å². The van der Waals surface area contributed by atoms with E-state index in [0.717, 1.165) is 17.0 Å². The quantitative estimate of drug-likeness (QED) is 0.945. The van der Waals surface area contributed by atoms with Gasteiger partial charge in [0.15, 0.2) is 11.5 Å². The monoisotopic (exact) mass is 307 g/mol. The van der Waals surface area contributed by atoms with Crippen molar-refractivity contribution in [2.45, 2.75) is 6.42 Å². The van der Waals surface area contributed by atoms with Crippen LogP contribution in [0.4, 0.5) is 5.69 Å². The number of carbonyl (C=O) groups is 1. The number of hydrogen-bond donors (Lipinski definition) is 1. The minimum absolute atomic E-state index is 0.225. The Balaban J connectivity index is 1.55. The number of para-hydroxylation sites is 1. The van der Waals surface area contributed by atoms with Gasteiger partial charge in [-0.3, -0.25) is 10.1 Å². The Bertz CT molecular complexity index is 828. The predicted molar refractivity (Wildman–Crippen MR) is 85.4 cm³/mol. The highest BCUT2D eigenvalue weighted by atomic mass is 16.7. The zero-order chi connectivity index (χ0) is 15.6. The van der Waals surface area contributed by atoms with Crippen LogP contribution in [0.3, 0.4) is 0 Å². The Morgan fingerprint density at radius 1 is 1.09 bits per heavy atom. The number of benzene rings is 2. The topological polar surface area (TPSA) is 72.3 Å². The van der Waals surface area contributed by atoms with Gasteiger partial charge in [0.2, 0.25) is 12.8 Å². The van der Waals surface area contributed by atoms with Gasteiger partial charge in [-0.25, -0.2) is 9.98 Å². The Kier molecular flexibility index (Phi) is 3.27. The maximum Gasteiger partial charge on any atom is 0.272 e. The molecule has 0 aliphatic carbocycles. The van der Waals surface area contributed by atoms with Gasteiger partial charge in [0, 0.05) is 6.42 Å². The van der Waals surface area contributed by atoms with E-state index in [1.165, 1.54) is 0 Å². The molecule has 0 aromatic heterocycles. The summed E-state index contributed by atoms with van der Waals surface area (Å²) in [5.74, 6) is 1.51. The molecule has 6 nitrogen and oxygen atoms in total. The highest BCUT2D eigenvalue weighted by molar-refractivity contribution is 6.47. The lowest BCUT2D eigenvalue weighted by atomic mass is 10.1. The van der Waals surface area contributed by atoms with E-state index in [-0.39, 0.29) is 12.7 Å². The molecule has 2 aromatic rings. The maximum absolute atomic E-state index is 12.0. The largest absolute Gasteiger partial charge is 0.454 e. The van der Waals surface area contributed by atoms with Gasteiger partial charge in [0.05, 0.1) is 5.69 Å². The lowest BCUT2D eigenvalue weighted by Gasteiger charge is -2.01. The predicted octanol–water partition coefficient (Wildman–Crippen LogP) is 2.22. The number of nitrogens with zero attached hydrogens (tertiary/aromatic N) is 2. The minimum Gasteiger partial charge on any atom is -0.454 e. The summed E-state index contributed by atoms with van der Waals surface area (Å²) in [6.45, 7) is 0.230. The van der Waals surface area contributed by atoms with Gasteiger partial charge in [0.1, 0.15) is 5.71 Å². The molecule has 114 valence electrons. The minimum atomic E-state index is -0.225. The van der Waals surface area contributed by atoms with Crippen molar-refractivity contribution in [1.29, 1.82) is 0 Å². The summed E-state index contributed by atoms with van der Waals surface area (Å²) in [7, 11) is 0. The van der Waals surface area contributed by atoms with Crippen LogP contribution >= 0.6 is 0 Å². The van der Waals surface area contributed by atoms with Crippen LogP contribution in [0.15, 0.2) is 58.5 Å². The molecule has 6 heteroatoms. The molecule has 1 amide bonds. The number of carbonyl (C=O) groups excluding carboxylic acids is 1. The first kappa shape index (κ1) is 13.5. The molecule has 4 rings (SSSR count). The molecule has 0 saturated carbocycles. The van der Waals surface area contributed by atoms with Gasteiger partial charge in [-0.2, -0.15) is 0 Å². The average molecular weight is 307 g/mol. The van der Waals surface area contributed by atoms with E-state index >= 15 is 0 Å². The van der Waals surface area contributed by atoms with Gasteiger partial charge in [-0.05, 0) is 29.8 Å². The number of guanidine groups is 1. The summed E-state index contributed by atoms with van der Waals surface area (Å²) in [6.07, 6.45) is 0.413. The molecule has 2 aliphatic rings. The Morgan fingerprint density at radius 3 is 2.78 bits per heavy atom. The zero-order valence-electron chi connectivity index (χ0n) is 12.2. The van der Waals surface area contributed by atoms with Gasteiger partial charge in [0.25, 0.3) is 5.91 Å². The molecule has 0 radical (unpaired) electrons. The Hall–Kier alpha value is -3.15. The summed E-state index contributed by atoms with van der Waals surface area (Å²) in [4.78, 5) is 20.6. The van der Waals surface area contributed by atoms with Crippen LogP contribution in [-0.2, 0) is 11.2 Å². The van der Waals surface area contributed by atoms with Gasteiger partial charge in [-0.1, -0.05) is 24.3 Å². The van der Waals surface area contributed by atoms with Crippen molar-refractivity contribution >= 4 is 23.3 Å². The standard InChI is InChI=1S/C17H13N3O3/c21-16-13(8-11-6-7-14-15(9-11)23-10-22-14)19-17(20-16)18-12-4-2-1-3-5-12/h1-7,9H,8,10H2,(H,18,20,21). The molecule has 0 saturated heterocycles. The number of hydrogen-bond acceptors (Lipinski definition) is 4. The molecule has 23 heavy (non-hydrogen) atoms. The van der Waals surface area contributed by atoms with E-state index in [1.54, 1.807) is 0 Å². The van der Waals surface area contributed by atoms with Crippen LogP contribution in [-0.4, -0.2) is 24.4 Å². The third-order valence-electron chi connectivity index (χ3n) is 3.53. The molecule has 2 aromatic carbocycles. The summed E-state index contributed by atoms with van der Waals surface area (Å²) in [6, 6.07) is 15.0. The molecule has 1 N–H and O–H groups in total. The van der Waals surface area contributed by atoms with Gasteiger partial charge >= 0.3 is 0 Å². The first-order valence-electron chi connectivity index (χ1n) is 7.19. The smallest absolute Gasteiger partial charge is 0.272 e. The molecule has 0 atom stereocenters. The number of ether oxygens (including phenoxy) is 2. The molecule has 2 aliphatic heterocycles. The molecular formula is C17H13N3O3. The molecule has 0 fully saturated rings. The summed E-state index contributed by atoms with van der Waals surface area (Å²) >= 11 is 0. The average Bonchev–Trinajstić information content (AvgIpc) is 3.15. The fraction of sp³-hybridized carbons (Fsp3) is 0.118. The second-order valence-electron chi connectivity index (χ2n) is 5.15. The second-order valence-corrected chi connectivity index (χ2v) is 5.15. The van der Waals surface area contributed by atoms with Crippen LogP contribution in [0.2, 0.25) is 0 Å². The van der Waals surface area contributed by atoms with Gasteiger partial charge in [-0.15, -0.1) is 0 Å². The van der Waals surface area contributed by atoms with Crippen LogP contribution in [0.5, 0.6) is 11.5 Å². The molecule has 0 unspecified atom stereocenters. The Labute approximate surface area is 132 Å². The van der Waals surface area contributed by atoms with Crippen molar-refractivity contribution in [3.05, 3.63) is 54.1 Å². The lowest BCUT2D eigenvalue weighted by Crippen LogP contribution is -2.26. The van der Waals surface area contributed by atoms with Crippen molar-refractivity contribution in [2.24, 2.45) is 9.98 Å². The molecule has 2 heterocycles. The highest BCUT2D eigenvalue weighted by Gasteiger charge is 2.23. The summed E-state index contributed by atoms with van der Waals surface area (Å²) in [5, 5.41) is 2.68. The third-order valence-corrected chi connectivity index (χ3v) is 3.53. The van der Waals surface area contributed by atoms with E-state index < -0.39 is 0 Å². The van der Waals surface area contributed by atoms with Crippen molar-refractivity contribution < 1.29 is 14.3 Å². The lowest BCUT2D eigenvalue weighted by molar-refractivity contribution is -0.113. The van der Waals surface area contributed by atoms with E-state index in [9.17, 15) is 4.79 Å². The molecule has 0 spiro atoms. The summed E-state index contributed by atoms with van der Waals surface area (Å²) < 4.78 is 10.6. The van der Waals surface area contributed by atoms with Crippen molar-refractivity contribution in [3.8, 4) is 11.5 Å². The first-order chi connectivity index (χ1) is 11.3. The number of fused-ring (bicyclic) bond motifs is 1. The SMILES string of the molecule is O=C1NC(=Nc2ccccc2)N=C1Cc1ccc2c(c1)OCO2. The Morgan fingerprint density at radius 2 is 1.91 bits per heavy atom.